The topological polar surface area (TPSA) is 94.3 Å². The van der Waals surface area contributed by atoms with Gasteiger partial charge in [-0.25, -0.2) is 5.84 Å². The van der Waals surface area contributed by atoms with E-state index in [2.05, 4.69) is 5.43 Å². The van der Waals surface area contributed by atoms with Crippen molar-refractivity contribution in [3.05, 3.63) is 47.4 Å². The van der Waals surface area contributed by atoms with Crippen molar-refractivity contribution in [2.24, 2.45) is 5.84 Å². The molecule has 5 nitrogen and oxygen atoms in total. The van der Waals surface area contributed by atoms with Crippen molar-refractivity contribution in [2.75, 3.05) is 5.73 Å². The predicted octanol–water partition coefficient (Wildman–Crippen LogP) is 2.07. The Labute approximate surface area is 115 Å². The Morgan fingerprint density at radius 3 is 2.95 bits per heavy atom. The number of hydrogen-bond donors (Lipinski definition) is 3. The van der Waals surface area contributed by atoms with Gasteiger partial charge in [-0.15, -0.1) is 11.8 Å². The molecule has 0 bridgehead atoms. The SMILES string of the molecule is Cc1c(N)cccc1SCc1occc1C(=O)NN. The van der Waals surface area contributed by atoms with Crippen molar-refractivity contribution in [3.8, 4) is 0 Å². The average Bonchev–Trinajstić information content (AvgIpc) is 2.88. The van der Waals surface area contributed by atoms with E-state index in [0.717, 1.165) is 16.1 Å². The van der Waals surface area contributed by atoms with Crippen LogP contribution < -0.4 is 17.0 Å². The third-order valence-corrected chi connectivity index (χ3v) is 3.97. The van der Waals surface area contributed by atoms with Crippen LogP contribution in [-0.4, -0.2) is 5.91 Å². The molecule has 0 aliphatic rings. The van der Waals surface area contributed by atoms with Gasteiger partial charge >= 0.3 is 0 Å². The third kappa shape index (κ3) is 2.91. The summed E-state index contributed by atoms with van der Waals surface area (Å²) in [7, 11) is 0. The maximum atomic E-state index is 11.5. The fraction of sp³-hybridized carbons (Fsp3) is 0.154. The van der Waals surface area contributed by atoms with Gasteiger partial charge in [0.05, 0.1) is 17.6 Å². The molecule has 1 amide bonds. The smallest absolute Gasteiger partial charge is 0.268 e. The fourth-order valence-electron chi connectivity index (χ4n) is 1.66. The van der Waals surface area contributed by atoms with Crippen LogP contribution in [0.2, 0.25) is 0 Å². The van der Waals surface area contributed by atoms with Crippen molar-refractivity contribution < 1.29 is 9.21 Å². The molecule has 5 N–H and O–H groups in total. The van der Waals surface area contributed by atoms with Crippen LogP contribution in [0.4, 0.5) is 5.69 Å². The first-order chi connectivity index (χ1) is 9.13. The van der Waals surface area contributed by atoms with Crippen LogP contribution in [0.5, 0.6) is 0 Å². The number of hydrazine groups is 1. The fourth-order valence-corrected chi connectivity index (χ4v) is 2.68. The number of nitrogen functional groups attached to an aromatic ring is 2. The molecule has 6 heteroatoms. The molecule has 0 atom stereocenters. The maximum Gasteiger partial charge on any atom is 0.268 e. The Morgan fingerprint density at radius 2 is 2.21 bits per heavy atom. The number of anilines is 1. The summed E-state index contributed by atoms with van der Waals surface area (Å²) in [5.74, 6) is 5.90. The molecular formula is C13H15N3O2S. The molecule has 2 rings (SSSR count). The zero-order valence-corrected chi connectivity index (χ0v) is 11.3. The highest BCUT2D eigenvalue weighted by Gasteiger charge is 2.14. The van der Waals surface area contributed by atoms with Gasteiger partial charge in [0.1, 0.15) is 5.76 Å². The summed E-state index contributed by atoms with van der Waals surface area (Å²) < 4.78 is 5.31. The molecule has 0 fully saturated rings. The maximum absolute atomic E-state index is 11.5. The Kier molecular flexibility index (Phi) is 4.13. The van der Waals surface area contributed by atoms with Crippen LogP contribution in [-0.2, 0) is 5.75 Å². The van der Waals surface area contributed by atoms with Gasteiger partial charge in [-0.3, -0.25) is 10.2 Å². The molecule has 2 aromatic rings. The van der Waals surface area contributed by atoms with Gasteiger partial charge < -0.3 is 10.2 Å². The van der Waals surface area contributed by atoms with Crippen LogP contribution in [0.3, 0.4) is 0 Å². The number of benzene rings is 1. The standard InChI is InChI=1S/C13H15N3O2S/c1-8-10(14)3-2-4-12(8)19-7-11-9(5-6-18-11)13(17)16-15/h2-6H,7,14-15H2,1H3,(H,16,17). The van der Waals surface area contributed by atoms with E-state index in [1.54, 1.807) is 17.8 Å². The highest BCUT2D eigenvalue weighted by atomic mass is 32.2. The number of nitrogens with two attached hydrogens (primary N) is 2. The Balaban J connectivity index is 2.13. The minimum atomic E-state index is -0.353. The molecule has 0 saturated heterocycles. The molecular weight excluding hydrogens is 262 g/mol. The first kappa shape index (κ1) is 13.5. The largest absolute Gasteiger partial charge is 0.468 e. The van der Waals surface area contributed by atoms with E-state index in [9.17, 15) is 4.79 Å². The van der Waals surface area contributed by atoms with Gasteiger partial charge in [0.15, 0.2) is 0 Å². The van der Waals surface area contributed by atoms with Crippen LogP contribution in [0.15, 0.2) is 39.8 Å². The predicted molar refractivity (Wildman–Crippen MR) is 75.5 cm³/mol. The van der Waals surface area contributed by atoms with Crippen LogP contribution in [0.1, 0.15) is 21.7 Å². The van der Waals surface area contributed by atoms with Gasteiger partial charge in [-0.2, -0.15) is 0 Å². The quantitative estimate of drug-likeness (QED) is 0.261. The van der Waals surface area contributed by atoms with Crippen molar-refractivity contribution in [1.82, 2.24) is 5.43 Å². The monoisotopic (exact) mass is 277 g/mol. The Morgan fingerprint density at radius 1 is 1.42 bits per heavy atom. The summed E-state index contributed by atoms with van der Waals surface area (Å²) >= 11 is 1.57. The number of carbonyl (C=O) groups excluding carboxylic acids is 1. The lowest BCUT2D eigenvalue weighted by atomic mass is 10.2. The zero-order valence-electron chi connectivity index (χ0n) is 10.5. The lowest BCUT2D eigenvalue weighted by Gasteiger charge is -2.07. The summed E-state index contributed by atoms with van der Waals surface area (Å²) in [5, 5.41) is 0. The van der Waals surface area contributed by atoms with E-state index >= 15 is 0 Å². The summed E-state index contributed by atoms with van der Waals surface area (Å²) in [6, 6.07) is 7.35. The molecule has 1 heterocycles. The molecule has 100 valence electrons. The molecule has 0 aliphatic heterocycles. The summed E-state index contributed by atoms with van der Waals surface area (Å²) in [5.41, 5.74) is 10.2. The van der Waals surface area contributed by atoms with Crippen LogP contribution in [0, 0.1) is 6.92 Å². The van der Waals surface area contributed by atoms with Gasteiger partial charge in [-0.05, 0) is 30.7 Å². The molecule has 19 heavy (non-hydrogen) atoms. The minimum absolute atomic E-state index is 0.353. The molecule has 1 aromatic heterocycles. The Hall–Kier alpha value is -1.92. The minimum Gasteiger partial charge on any atom is -0.468 e. The van der Waals surface area contributed by atoms with E-state index in [1.807, 2.05) is 25.1 Å². The number of hydrogen-bond acceptors (Lipinski definition) is 5. The normalized spacial score (nSPS) is 10.4. The lowest BCUT2D eigenvalue weighted by Crippen LogP contribution is -2.30. The first-order valence-corrected chi connectivity index (χ1v) is 6.67. The highest BCUT2D eigenvalue weighted by Crippen LogP contribution is 2.30. The summed E-state index contributed by atoms with van der Waals surface area (Å²) in [6.45, 7) is 1.97. The highest BCUT2D eigenvalue weighted by molar-refractivity contribution is 7.98. The van der Waals surface area contributed by atoms with Crippen molar-refractivity contribution in [2.45, 2.75) is 17.6 Å². The summed E-state index contributed by atoms with van der Waals surface area (Å²) in [4.78, 5) is 12.6. The number of carbonyl (C=O) groups is 1. The van der Waals surface area contributed by atoms with E-state index in [1.165, 1.54) is 6.26 Å². The number of nitrogens with one attached hydrogen (secondary N) is 1. The molecule has 0 aliphatic carbocycles. The Bertz CT molecular complexity index is 595. The zero-order chi connectivity index (χ0) is 13.8. The second-order valence-electron chi connectivity index (χ2n) is 3.99. The van der Waals surface area contributed by atoms with E-state index in [4.69, 9.17) is 16.0 Å². The van der Waals surface area contributed by atoms with Crippen molar-refractivity contribution in [3.63, 3.8) is 0 Å². The van der Waals surface area contributed by atoms with E-state index in [-0.39, 0.29) is 5.91 Å². The second-order valence-corrected chi connectivity index (χ2v) is 5.01. The van der Waals surface area contributed by atoms with Crippen molar-refractivity contribution in [1.29, 1.82) is 0 Å². The third-order valence-electron chi connectivity index (χ3n) is 2.81. The number of furan rings is 1. The number of amides is 1. The molecule has 0 spiro atoms. The average molecular weight is 277 g/mol. The first-order valence-electron chi connectivity index (χ1n) is 5.68. The number of rotatable bonds is 4. The van der Waals surface area contributed by atoms with E-state index < -0.39 is 0 Å². The molecule has 0 radical (unpaired) electrons. The molecule has 0 saturated carbocycles. The van der Waals surface area contributed by atoms with Crippen LogP contribution in [0.25, 0.3) is 0 Å². The van der Waals surface area contributed by atoms with Crippen LogP contribution >= 0.6 is 11.8 Å². The van der Waals surface area contributed by atoms with Crippen molar-refractivity contribution >= 4 is 23.4 Å². The molecule has 0 unspecified atom stereocenters. The van der Waals surface area contributed by atoms with E-state index in [0.29, 0.717) is 17.1 Å². The lowest BCUT2D eigenvalue weighted by molar-refractivity contribution is 0.0952. The van der Waals surface area contributed by atoms with Gasteiger partial charge in [-0.1, -0.05) is 6.07 Å². The van der Waals surface area contributed by atoms with Gasteiger partial charge in [0.2, 0.25) is 0 Å². The second kappa shape index (κ2) is 5.81. The molecule has 1 aromatic carbocycles. The van der Waals surface area contributed by atoms with Gasteiger partial charge in [0, 0.05) is 10.6 Å². The van der Waals surface area contributed by atoms with Gasteiger partial charge in [0.25, 0.3) is 5.91 Å². The summed E-state index contributed by atoms with van der Waals surface area (Å²) in [6.07, 6.45) is 1.48. The number of thioether (sulfide) groups is 1.